The number of carbonyl (C=O) groups excluding carboxylic acids is 1. The van der Waals surface area contributed by atoms with E-state index in [-0.39, 0.29) is 10.4 Å². The first-order chi connectivity index (χ1) is 18.5. The van der Waals surface area contributed by atoms with Crippen molar-refractivity contribution in [2.75, 3.05) is 13.6 Å². The Hall–Kier alpha value is -1.44. The topological polar surface area (TPSA) is 77.9 Å². The minimum absolute atomic E-state index is 0.0666. The Balaban J connectivity index is 0.000000573. The van der Waals surface area contributed by atoms with Gasteiger partial charge < -0.3 is 0 Å². The van der Waals surface area contributed by atoms with Gasteiger partial charge in [-0.3, -0.25) is 14.4 Å². The van der Waals surface area contributed by atoms with E-state index in [1.165, 1.54) is 115 Å². The summed E-state index contributed by atoms with van der Waals surface area (Å²) in [5, 5.41) is 4.16. The van der Waals surface area contributed by atoms with Gasteiger partial charge in [0.05, 0.1) is 4.90 Å². The van der Waals surface area contributed by atoms with E-state index in [4.69, 9.17) is 4.55 Å². The first-order valence-corrected chi connectivity index (χ1v) is 17.0. The van der Waals surface area contributed by atoms with Gasteiger partial charge in [-0.1, -0.05) is 121 Å². The average Bonchev–Trinajstić information content (AvgIpc) is 3.31. The molecule has 0 aromatic heterocycles. The average molecular weight is 567 g/mol. The van der Waals surface area contributed by atoms with Gasteiger partial charge in [0, 0.05) is 25.6 Å². The lowest BCUT2D eigenvalue weighted by molar-refractivity contribution is -0.150. The Bertz CT molecular complexity index is 884. The molecule has 0 bridgehead atoms. The molecule has 6 nitrogen and oxygen atoms in total. The van der Waals surface area contributed by atoms with Gasteiger partial charge in [-0.15, -0.1) is 0 Å². The first kappa shape index (κ1) is 35.6. The molecule has 0 unspecified atom stereocenters. The molecule has 0 spiro atoms. The van der Waals surface area contributed by atoms with Crippen LogP contribution in [0.3, 0.4) is 0 Å². The largest absolute Gasteiger partial charge is 0.294 e. The molecule has 0 saturated carbocycles. The third kappa shape index (κ3) is 15.8. The third-order valence-corrected chi connectivity index (χ3v) is 8.87. The molecule has 1 aromatic rings. The number of carbonyl (C=O) groups is 1. The highest BCUT2D eigenvalue weighted by Gasteiger charge is 2.32. The van der Waals surface area contributed by atoms with Crippen molar-refractivity contribution >= 4 is 16.0 Å². The zero-order valence-corrected chi connectivity index (χ0v) is 26.5. The van der Waals surface area contributed by atoms with Crippen LogP contribution in [0.1, 0.15) is 142 Å². The number of hydrogen-bond acceptors (Lipinski definition) is 4. The molecule has 1 saturated heterocycles. The van der Waals surface area contributed by atoms with Gasteiger partial charge in [0.15, 0.2) is 0 Å². The van der Waals surface area contributed by atoms with Crippen molar-refractivity contribution in [2.24, 2.45) is 0 Å². The summed E-state index contributed by atoms with van der Waals surface area (Å²) in [4.78, 5) is 11.9. The van der Waals surface area contributed by atoms with E-state index in [1.807, 2.05) is 11.9 Å². The zero-order chi connectivity index (χ0) is 29.2. The summed E-state index contributed by atoms with van der Waals surface area (Å²) < 4.78 is 29.6. The standard InChI is InChI=1S/C25H50N2O.C7H8O3S/c1-5-6-7-8-9-10-11-12-13-14-15-16-17-18-19-22-25(2,3)26(4)27-23-20-21-24(27)28;1-6-2-4-7(5-3-6)11(8,9)10/h5-23H2,1-4H3;2-5H,1H3,(H,8,9,10). The molecule has 1 aromatic carbocycles. The van der Waals surface area contributed by atoms with Crippen LogP contribution in [0.4, 0.5) is 0 Å². The Kier molecular flexibility index (Phi) is 17.9. The van der Waals surface area contributed by atoms with Crippen LogP contribution >= 0.6 is 0 Å². The van der Waals surface area contributed by atoms with E-state index in [9.17, 15) is 13.2 Å². The van der Waals surface area contributed by atoms with Crippen LogP contribution in [0.5, 0.6) is 0 Å². The molecule has 39 heavy (non-hydrogen) atoms. The molecule has 0 radical (unpaired) electrons. The minimum Gasteiger partial charge on any atom is -0.282 e. The van der Waals surface area contributed by atoms with Gasteiger partial charge in [0.25, 0.3) is 10.1 Å². The number of hydrazine groups is 1. The molecule has 1 fully saturated rings. The fourth-order valence-electron chi connectivity index (χ4n) is 5.08. The Labute approximate surface area is 240 Å². The highest BCUT2D eigenvalue weighted by Crippen LogP contribution is 2.26. The van der Waals surface area contributed by atoms with E-state index < -0.39 is 10.1 Å². The van der Waals surface area contributed by atoms with E-state index in [0.717, 1.165) is 24.9 Å². The van der Waals surface area contributed by atoms with Crippen LogP contribution in [0.15, 0.2) is 29.2 Å². The van der Waals surface area contributed by atoms with Crippen LogP contribution in [0, 0.1) is 6.92 Å². The quantitative estimate of drug-likeness (QED) is 0.134. The SMILES string of the molecule is CCCCCCCCCCCCCCCCCC(C)(C)N(C)N1CCCC1=O.Cc1ccc(S(=O)(=O)O)cc1. The van der Waals surface area contributed by atoms with Crippen molar-refractivity contribution in [3.8, 4) is 0 Å². The fourth-order valence-corrected chi connectivity index (χ4v) is 5.56. The van der Waals surface area contributed by atoms with Crippen molar-refractivity contribution < 1.29 is 17.8 Å². The van der Waals surface area contributed by atoms with Gasteiger partial charge in [0.2, 0.25) is 5.91 Å². The molecule has 1 amide bonds. The number of rotatable bonds is 19. The summed E-state index contributed by atoms with van der Waals surface area (Å²) in [5.41, 5.74) is 1.04. The van der Waals surface area contributed by atoms with Crippen molar-refractivity contribution in [1.29, 1.82) is 0 Å². The molecule has 1 heterocycles. The van der Waals surface area contributed by atoms with Crippen LogP contribution in [-0.2, 0) is 14.9 Å². The van der Waals surface area contributed by atoms with Crippen molar-refractivity contribution in [3.63, 3.8) is 0 Å². The predicted octanol–water partition coefficient (Wildman–Crippen LogP) is 8.74. The van der Waals surface area contributed by atoms with Crippen LogP contribution in [0.2, 0.25) is 0 Å². The number of benzene rings is 1. The van der Waals surface area contributed by atoms with E-state index in [0.29, 0.717) is 5.91 Å². The molecule has 0 atom stereocenters. The normalized spacial score (nSPS) is 14.1. The zero-order valence-electron chi connectivity index (χ0n) is 25.7. The van der Waals surface area contributed by atoms with Gasteiger partial charge >= 0.3 is 0 Å². The van der Waals surface area contributed by atoms with Gasteiger partial charge in [0.1, 0.15) is 0 Å². The molecule has 226 valence electrons. The monoisotopic (exact) mass is 566 g/mol. The number of aryl methyl sites for hydroxylation is 1. The third-order valence-electron chi connectivity index (χ3n) is 8.00. The van der Waals surface area contributed by atoms with E-state index in [2.05, 4.69) is 32.8 Å². The molecule has 2 rings (SSSR count). The number of nitrogens with zero attached hydrogens (tertiary/aromatic N) is 2. The molecular formula is C32H58N2O4S. The number of amides is 1. The van der Waals surface area contributed by atoms with Crippen molar-refractivity contribution in [2.45, 2.75) is 154 Å². The van der Waals surface area contributed by atoms with Gasteiger partial charge in [-0.25, -0.2) is 5.01 Å². The van der Waals surface area contributed by atoms with Crippen LogP contribution < -0.4 is 0 Å². The first-order valence-electron chi connectivity index (χ1n) is 15.6. The molecule has 1 aliphatic heterocycles. The number of unbranched alkanes of at least 4 members (excludes halogenated alkanes) is 14. The second kappa shape index (κ2) is 19.6. The van der Waals surface area contributed by atoms with Crippen LogP contribution in [0.25, 0.3) is 0 Å². The Morgan fingerprint density at radius 2 is 1.26 bits per heavy atom. The number of hydrogen-bond donors (Lipinski definition) is 1. The van der Waals surface area contributed by atoms with Crippen molar-refractivity contribution in [3.05, 3.63) is 29.8 Å². The van der Waals surface area contributed by atoms with Gasteiger partial charge in [-0.2, -0.15) is 8.42 Å². The molecule has 1 aliphatic rings. The second-order valence-electron chi connectivity index (χ2n) is 11.9. The predicted molar refractivity (Wildman–Crippen MR) is 163 cm³/mol. The van der Waals surface area contributed by atoms with Crippen molar-refractivity contribution in [1.82, 2.24) is 10.0 Å². The highest BCUT2D eigenvalue weighted by atomic mass is 32.2. The van der Waals surface area contributed by atoms with Gasteiger partial charge in [-0.05, 0) is 45.7 Å². The smallest absolute Gasteiger partial charge is 0.282 e. The summed E-state index contributed by atoms with van der Waals surface area (Å²) in [6.07, 6.45) is 24.1. The summed E-state index contributed by atoms with van der Waals surface area (Å²) >= 11 is 0. The lowest BCUT2D eigenvalue weighted by Gasteiger charge is -2.41. The highest BCUT2D eigenvalue weighted by molar-refractivity contribution is 7.85. The maximum absolute atomic E-state index is 12.0. The molecule has 1 N–H and O–H groups in total. The van der Waals surface area contributed by atoms with Crippen LogP contribution in [-0.4, -0.2) is 48.0 Å². The maximum Gasteiger partial charge on any atom is 0.294 e. The molecule has 0 aliphatic carbocycles. The van der Waals surface area contributed by atoms with E-state index in [1.54, 1.807) is 12.1 Å². The molecular weight excluding hydrogens is 508 g/mol. The second-order valence-corrected chi connectivity index (χ2v) is 13.4. The molecule has 7 heteroatoms. The summed E-state index contributed by atoms with van der Waals surface area (Å²) in [5.74, 6) is 0.298. The Morgan fingerprint density at radius 1 is 0.821 bits per heavy atom. The minimum atomic E-state index is -4.02. The summed E-state index contributed by atoms with van der Waals surface area (Å²) in [6.45, 7) is 9.59. The summed E-state index contributed by atoms with van der Waals surface area (Å²) in [7, 11) is -1.93. The maximum atomic E-state index is 12.0. The Morgan fingerprint density at radius 3 is 1.64 bits per heavy atom. The lowest BCUT2D eigenvalue weighted by Crippen LogP contribution is -2.52. The lowest BCUT2D eigenvalue weighted by atomic mass is 9.95. The van der Waals surface area contributed by atoms with E-state index >= 15 is 0 Å². The fraction of sp³-hybridized carbons (Fsp3) is 0.781. The summed E-state index contributed by atoms with van der Waals surface area (Å²) in [6, 6.07) is 5.99.